The van der Waals surface area contributed by atoms with Gasteiger partial charge in [0.1, 0.15) is 0 Å². The van der Waals surface area contributed by atoms with Gasteiger partial charge in [-0.2, -0.15) is 0 Å². The molecule has 1 aliphatic carbocycles. The normalized spacial score (nSPS) is 21.1. The van der Waals surface area contributed by atoms with Gasteiger partial charge in [0.05, 0.1) is 0 Å². The average molecular weight is 298 g/mol. The van der Waals surface area contributed by atoms with Crippen LogP contribution in [0, 0.1) is 11.3 Å². The van der Waals surface area contributed by atoms with Gasteiger partial charge in [-0.1, -0.05) is 64.7 Å². The second-order valence-electron chi connectivity index (χ2n) is 6.43. The lowest BCUT2D eigenvalue weighted by Crippen LogP contribution is -2.47. The third-order valence-corrected chi connectivity index (χ3v) is 4.99. The highest BCUT2D eigenvalue weighted by Gasteiger charge is 2.53. The van der Waals surface area contributed by atoms with Crippen molar-refractivity contribution < 1.29 is 19.8 Å². The number of aliphatic carboxylic acids is 2. The Labute approximate surface area is 127 Å². The molecule has 0 amide bonds. The SMILES string of the molecule is CCCCCCCCCC1CCCCC1(C(=O)O)C(=O)O. The predicted octanol–water partition coefficient (Wildman–Crippen LogP) is 4.47. The summed E-state index contributed by atoms with van der Waals surface area (Å²) >= 11 is 0. The van der Waals surface area contributed by atoms with Crippen molar-refractivity contribution in [3.8, 4) is 0 Å². The third-order valence-electron chi connectivity index (χ3n) is 4.99. The van der Waals surface area contributed by atoms with Crippen LogP contribution >= 0.6 is 0 Å². The van der Waals surface area contributed by atoms with Gasteiger partial charge in [0, 0.05) is 0 Å². The molecule has 1 unspecified atom stereocenters. The van der Waals surface area contributed by atoms with Crippen molar-refractivity contribution in [2.75, 3.05) is 0 Å². The molecule has 0 saturated heterocycles. The van der Waals surface area contributed by atoms with Crippen molar-refractivity contribution in [2.24, 2.45) is 11.3 Å². The second-order valence-corrected chi connectivity index (χ2v) is 6.43. The van der Waals surface area contributed by atoms with E-state index < -0.39 is 17.4 Å². The first-order valence-corrected chi connectivity index (χ1v) is 8.52. The number of hydrogen-bond donors (Lipinski definition) is 2. The van der Waals surface area contributed by atoms with Crippen molar-refractivity contribution in [2.45, 2.75) is 84.0 Å². The molecule has 2 N–H and O–H groups in total. The van der Waals surface area contributed by atoms with E-state index in [0.29, 0.717) is 12.8 Å². The standard InChI is InChI=1S/C17H30O4/c1-2-3-4-5-6-7-8-11-14-12-9-10-13-17(14,15(18)19)16(20)21/h14H,2-13H2,1H3,(H,18,19)(H,20,21). The maximum absolute atomic E-state index is 11.6. The van der Waals surface area contributed by atoms with E-state index in [9.17, 15) is 19.8 Å². The molecule has 0 spiro atoms. The van der Waals surface area contributed by atoms with Crippen molar-refractivity contribution in [3.05, 3.63) is 0 Å². The summed E-state index contributed by atoms with van der Waals surface area (Å²) in [6, 6.07) is 0. The van der Waals surface area contributed by atoms with Crippen LogP contribution in [0.1, 0.15) is 84.0 Å². The first-order valence-electron chi connectivity index (χ1n) is 8.52. The maximum atomic E-state index is 11.6. The van der Waals surface area contributed by atoms with Gasteiger partial charge in [-0.15, -0.1) is 0 Å². The van der Waals surface area contributed by atoms with Gasteiger partial charge in [0.15, 0.2) is 5.41 Å². The van der Waals surface area contributed by atoms with Crippen LogP contribution in [0.25, 0.3) is 0 Å². The van der Waals surface area contributed by atoms with Crippen molar-refractivity contribution in [3.63, 3.8) is 0 Å². The number of carboxylic acids is 2. The summed E-state index contributed by atoms with van der Waals surface area (Å²) < 4.78 is 0. The monoisotopic (exact) mass is 298 g/mol. The number of unbranched alkanes of at least 4 members (excludes halogenated alkanes) is 6. The lowest BCUT2D eigenvalue weighted by Gasteiger charge is -2.37. The minimum absolute atomic E-state index is 0.197. The molecular formula is C17H30O4. The molecule has 1 saturated carbocycles. The molecule has 1 rings (SSSR count). The van der Waals surface area contributed by atoms with E-state index in [4.69, 9.17) is 0 Å². The molecule has 122 valence electrons. The zero-order valence-electron chi connectivity index (χ0n) is 13.3. The van der Waals surface area contributed by atoms with Crippen LogP contribution < -0.4 is 0 Å². The highest BCUT2D eigenvalue weighted by molar-refractivity contribution is 5.98. The molecular weight excluding hydrogens is 268 g/mol. The van der Waals surface area contributed by atoms with Crippen molar-refractivity contribution in [1.82, 2.24) is 0 Å². The Balaban J connectivity index is 2.43. The molecule has 0 aromatic rings. The number of hydrogen-bond acceptors (Lipinski definition) is 2. The van der Waals surface area contributed by atoms with Gasteiger partial charge in [-0.05, 0) is 25.2 Å². The summed E-state index contributed by atoms with van der Waals surface area (Å²) in [4.78, 5) is 23.1. The minimum Gasteiger partial charge on any atom is -0.480 e. The van der Waals surface area contributed by atoms with Crippen LogP contribution in [0.5, 0.6) is 0 Å². The van der Waals surface area contributed by atoms with Crippen LogP contribution in [0.3, 0.4) is 0 Å². The molecule has 4 heteroatoms. The number of carboxylic acid groups (broad SMARTS) is 2. The molecule has 0 heterocycles. The molecule has 4 nitrogen and oxygen atoms in total. The molecule has 1 fully saturated rings. The molecule has 0 aliphatic heterocycles. The van der Waals surface area contributed by atoms with Crippen LogP contribution in [-0.2, 0) is 9.59 Å². The van der Waals surface area contributed by atoms with E-state index >= 15 is 0 Å². The van der Waals surface area contributed by atoms with E-state index in [0.717, 1.165) is 32.1 Å². The van der Waals surface area contributed by atoms with E-state index in [1.54, 1.807) is 0 Å². The molecule has 0 bridgehead atoms. The first-order chi connectivity index (χ1) is 10.1. The molecule has 1 atom stereocenters. The third kappa shape index (κ3) is 4.72. The molecule has 0 aromatic heterocycles. The lowest BCUT2D eigenvalue weighted by atomic mass is 9.64. The van der Waals surface area contributed by atoms with E-state index in [-0.39, 0.29) is 5.92 Å². The molecule has 0 aromatic carbocycles. The summed E-state index contributed by atoms with van der Waals surface area (Å²) in [5.41, 5.74) is -1.53. The lowest BCUT2D eigenvalue weighted by molar-refractivity contribution is -0.172. The fourth-order valence-corrected chi connectivity index (χ4v) is 3.64. The Kier molecular flexibility index (Phi) is 7.76. The van der Waals surface area contributed by atoms with Crippen LogP contribution in [-0.4, -0.2) is 22.2 Å². The largest absolute Gasteiger partial charge is 0.480 e. The predicted molar refractivity (Wildman–Crippen MR) is 82.3 cm³/mol. The Morgan fingerprint density at radius 1 is 0.952 bits per heavy atom. The highest BCUT2D eigenvalue weighted by atomic mass is 16.4. The van der Waals surface area contributed by atoms with Gasteiger partial charge in [-0.25, -0.2) is 0 Å². The zero-order chi connectivity index (χ0) is 15.7. The summed E-state index contributed by atoms with van der Waals surface area (Å²) in [5.74, 6) is -2.47. The van der Waals surface area contributed by atoms with Crippen LogP contribution in [0.4, 0.5) is 0 Å². The number of rotatable bonds is 10. The maximum Gasteiger partial charge on any atom is 0.321 e. The second kappa shape index (κ2) is 9.06. The van der Waals surface area contributed by atoms with Gasteiger partial charge in [0.2, 0.25) is 0 Å². The van der Waals surface area contributed by atoms with Crippen molar-refractivity contribution >= 4 is 11.9 Å². The van der Waals surface area contributed by atoms with Gasteiger partial charge in [-0.3, -0.25) is 9.59 Å². The van der Waals surface area contributed by atoms with E-state index in [1.165, 1.54) is 32.1 Å². The Morgan fingerprint density at radius 2 is 1.52 bits per heavy atom. The highest BCUT2D eigenvalue weighted by Crippen LogP contribution is 2.44. The summed E-state index contributed by atoms with van der Waals surface area (Å²) in [6.45, 7) is 2.19. The van der Waals surface area contributed by atoms with E-state index in [2.05, 4.69) is 6.92 Å². The summed E-state index contributed by atoms with van der Waals surface area (Å²) in [6.07, 6.45) is 11.7. The fourth-order valence-electron chi connectivity index (χ4n) is 3.64. The molecule has 21 heavy (non-hydrogen) atoms. The Morgan fingerprint density at radius 3 is 2.10 bits per heavy atom. The quantitative estimate of drug-likeness (QED) is 0.461. The van der Waals surface area contributed by atoms with Gasteiger partial charge >= 0.3 is 11.9 Å². The topological polar surface area (TPSA) is 74.6 Å². The fraction of sp³-hybridized carbons (Fsp3) is 0.882. The minimum atomic E-state index is -1.53. The zero-order valence-corrected chi connectivity index (χ0v) is 13.3. The smallest absolute Gasteiger partial charge is 0.321 e. The Hall–Kier alpha value is -1.06. The van der Waals surface area contributed by atoms with Gasteiger partial charge < -0.3 is 10.2 Å². The molecule has 0 radical (unpaired) electrons. The van der Waals surface area contributed by atoms with E-state index in [1.807, 2.05) is 0 Å². The summed E-state index contributed by atoms with van der Waals surface area (Å²) in [7, 11) is 0. The number of carbonyl (C=O) groups is 2. The van der Waals surface area contributed by atoms with Crippen molar-refractivity contribution in [1.29, 1.82) is 0 Å². The van der Waals surface area contributed by atoms with Crippen LogP contribution in [0.2, 0.25) is 0 Å². The Bertz CT molecular complexity index is 324. The first kappa shape index (κ1) is 18.0. The molecule has 1 aliphatic rings. The summed E-state index contributed by atoms with van der Waals surface area (Å²) in [5, 5.41) is 18.9. The van der Waals surface area contributed by atoms with Gasteiger partial charge in [0.25, 0.3) is 0 Å². The van der Waals surface area contributed by atoms with Crippen LogP contribution in [0.15, 0.2) is 0 Å². The average Bonchev–Trinajstić information content (AvgIpc) is 2.46.